The standard InChI is InChI=1S/C19H25N5O5S/c1-14-7-8-15(11-17(14)30(27,28)24-9-5-3-4-6-10-24)20-18(25)13-23-12-16(21-22-23)19(26)29-2/h7-8,11-12H,3-6,9-10,13H2,1-2H3,(H,20,25). The lowest BCUT2D eigenvalue weighted by Crippen LogP contribution is -2.32. The number of anilines is 1. The van der Waals surface area contributed by atoms with E-state index in [4.69, 9.17) is 0 Å². The third-order valence-electron chi connectivity index (χ3n) is 4.89. The minimum absolute atomic E-state index is 0.00790. The molecule has 1 aromatic heterocycles. The number of hydrogen-bond donors (Lipinski definition) is 1. The minimum Gasteiger partial charge on any atom is -0.464 e. The summed E-state index contributed by atoms with van der Waals surface area (Å²) in [4.78, 5) is 24.0. The van der Waals surface area contributed by atoms with Crippen LogP contribution in [0.4, 0.5) is 5.69 Å². The Morgan fingerprint density at radius 3 is 2.53 bits per heavy atom. The number of rotatable bonds is 6. The highest BCUT2D eigenvalue weighted by Gasteiger charge is 2.27. The Morgan fingerprint density at radius 1 is 1.17 bits per heavy atom. The van der Waals surface area contributed by atoms with Gasteiger partial charge in [-0.1, -0.05) is 24.1 Å². The number of carbonyl (C=O) groups is 2. The van der Waals surface area contributed by atoms with Gasteiger partial charge in [0.2, 0.25) is 15.9 Å². The summed E-state index contributed by atoms with van der Waals surface area (Å²) in [7, 11) is -2.41. The molecule has 0 saturated carbocycles. The zero-order chi connectivity index (χ0) is 21.7. The number of nitrogens with one attached hydrogen (secondary N) is 1. The van der Waals surface area contributed by atoms with Gasteiger partial charge < -0.3 is 10.1 Å². The van der Waals surface area contributed by atoms with Crippen molar-refractivity contribution < 1.29 is 22.7 Å². The molecule has 30 heavy (non-hydrogen) atoms. The van der Waals surface area contributed by atoms with Crippen LogP contribution in [-0.2, 0) is 26.1 Å². The fraction of sp³-hybridized carbons (Fsp3) is 0.474. The van der Waals surface area contributed by atoms with Crippen LogP contribution in [0, 0.1) is 6.92 Å². The summed E-state index contributed by atoms with van der Waals surface area (Å²) < 4.78 is 33.5. The van der Waals surface area contributed by atoms with E-state index in [0.717, 1.165) is 25.7 Å². The first-order valence-electron chi connectivity index (χ1n) is 9.70. The van der Waals surface area contributed by atoms with Crippen LogP contribution in [0.1, 0.15) is 41.7 Å². The predicted octanol–water partition coefficient (Wildman–Crippen LogP) is 1.58. The molecule has 1 amide bonds. The van der Waals surface area contributed by atoms with E-state index in [0.29, 0.717) is 24.3 Å². The molecule has 0 bridgehead atoms. The van der Waals surface area contributed by atoms with Gasteiger partial charge in [-0.25, -0.2) is 17.9 Å². The van der Waals surface area contributed by atoms with Crippen LogP contribution < -0.4 is 5.32 Å². The molecule has 1 aliphatic heterocycles. The number of benzene rings is 1. The molecule has 0 radical (unpaired) electrons. The molecular weight excluding hydrogens is 410 g/mol. The SMILES string of the molecule is COC(=O)c1cn(CC(=O)Nc2ccc(C)c(S(=O)(=O)N3CCCCCC3)c2)nn1. The van der Waals surface area contributed by atoms with Crippen molar-refractivity contribution in [3.8, 4) is 0 Å². The number of sulfonamides is 1. The topological polar surface area (TPSA) is 123 Å². The van der Waals surface area contributed by atoms with Crippen LogP contribution in [0.15, 0.2) is 29.3 Å². The Labute approximate surface area is 175 Å². The van der Waals surface area contributed by atoms with E-state index in [1.54, 1.807) is 19.1 Å². The van der Waals surface area contributed by atoms with E-state index in [-0.39, 0.29) is 17.1 Å². The van der Waals surface area contributed by atoms with Gasteiger partial charge in [-0.15, -0.1) is 5.10 Å². The van der Waals surface area contributed by atoms with Crippen molar-refractivity contribution in [1.29, 1.82) is 0 Å². The lowest BCUT2D eigenvalue weighted by molar-refractivity contribution is -0.116. The fourth-order valence-electron chi connectivity index (χ4n) is 3.30. The molecule has 0 aliphatic carbocycles. The Hall–Kier alpha value is -2.79. The summed E-state index contributed by atoms with van der Waals surface area (Å²) in [5.74, 6) is -1.08. The number of ether oxygens (including phenoxy) is 1. The zero-order valence-corrected chi connectivity index (χ0v) is 17.8. The van der Waals surface area contributed by atoms with E-state index in [9.17, 15) is 18.0 Å². The molecular formula is C19H25N5O5S. The first-order valence-corrected chi connectivity index (χ1v) is 11.1. The van der Waals surface area contributed by atoms with Crippen LogP contribution in [0.5, 0.6) is 0 Å². The number of nitrogens with zero attached hydrogens (tertiary/aromatic N) is 4. The molecule has 0 unspecified atom stereocenters. The molecule has 1 aliphatic rings. The molecule has 1 fully saturated rings. The fourth-order valence-corrected chi connectivity index (χ4v) is 5.07. The Kier molecular flexibility index (Phi) is 6.83. The van der Waals surface area contributed by atoms with E-state index in [1.807, 2.05) is 0 Å². The second-order valence-corrected chi connectivity index (χ2v) is 9.05. The van der Waals surface area contributed by atoms with Crippen molar-refractivity contribution in [2.45, 2.75) is 44.0 Å². The minimum atomic E-state index is -3.64. The van der Waals surface area contributed by atoms with E-state index in [1.165, 1.54) is 28.4 Å². The summed E-state index contributed by atoms with van der Waals surface area (Å²) in [6, 6.07) is 4.80. The monoisotopic (exact) mass is 435 g/mol. The molecule has 0 atom stereocenters. The molecule has 1 N–H and O–H groups in total. The van der Waals surface area contributed by atoms with Crippen LogP contribution in [0.25, 0.3) is 0 Å². The van der Waals surface area contributed by atoms with E-state index in [2.05, 4.69) is 20.4 Å². The number of methoxy groups -OCH3 is 1. The number of aromatic nitrogens is 3. The molecule has 3 rings (SSSR count). The van der Waals surface area contributed by atoms with Crippen LogP contribution in [-0.4, -0.2) is 59.8 Å². The molecule has 2 aromatic rings. The lowest BCUT2D eigenvalue weighted by Gasteiger charge is -2.21. The highest BCUT2D eigenvalue weighted by molar-refractivity contribution is 7.89. The quantitative estimate of drug-likeness (QED) is 0.683. The number of amides is 1. The summed E-state index contributed by atoms with van der Waals surface area (Å²) in [6.45, 7) is 2.56. The number of carbonyl (C=O) groups excluding carboxylic acids is 2. The Bertz CT molecular complexity index is 1030. The molecule has 1 aromatic carbocycles. The second kappa shape index (κ2) is 9.35. The van der Waals surface area contributed by atoms with Crippen molar-refractivity contribution in [3.05, 3.63) is 35.7 Å². The largest absolute Gasteiger partial charge is 0.464 e. The average molecular weight is 436 g/mol. The van der Waals surface area contributed by atoms with Crippen molar-refractivity contribution >= 4 is 27.6 Å². The van der Waals surface area contributed by atoms with Gasteiger partial charge in [-0.2, -0.15) is 4.31 Å². The molecule has 11 heteroatoms. The van der Waals surface area contributed by atoms with Gasteiger partial charge >= 0.3 is 5.97 Å². The van der Waals surface area contributed by atoms with Crippen molar-refractivity contribution in [3.63, 3.8) is 0 Å². The van der Waals surface area contributed by atoms with Crippen LogP contribution in [0.2, 0.25) is 0 Å². The molecule has 0 spiro atoms. The summed E-state index contributed by atoms with van der Waals surface area (Å²) in [6.07, 6.45) is 5.05. The van der Waals surface area contributed by atoms with E-state index < -0.39 is 21.9 Å². The average Bonchev–Trinajstić information content (AvgIpc) is 2.99. The number of aryl methyl sites for hydroxylation is 1. The Balaban J connectivity index is 1.73. The smallest absolute Gasteiger partial charge is 0.360 e. The van der Waals surface area contributed by atoms with Gasteiger partial charge in [0.15, 0.2) is 5.69 Å². The lowest BCUT2D eigenvalue weighted by atomic mass is 10.2. The third kappa shape index (κ3) is 5.03. The van der Waals surface area contributed by atoms with E-state index >= 15 is 0 Å². The maximum absolute atomic E-state index is 13.1. The van der Waals surface area contributed by atoms with Gasteiger partial charge in [0.1, 0.15) is 6.54 Å². The van der Waals surface area contributed by atoms with Crippen LogP contribution >= 0.6 is 0 Å². The first-order chi connectivity index (χ1) is 14.3. The van der Waals surface area contributed by atoms with Crippen molar-refractivity contribution in [1.82, 2.24) is 19.3 Å². The molecule has 1 saturated heterocycles. The van der Waals surface area contributed by atoms with Gasteiger partial charge in [-0.05, 0) is 37.5 Å². The summed E-state index contributed by atoms with van der Waals surface area (Å²) in [5.41, 5.74) is 0.981. The highest BCUT2D eigenvalue weighted by Crippen LogP contribution is 2.25. The summed E-state index contributed by atoms with van der Waals surface area (Å²) in [5, 5.41) is 10.0. The Morgan fingerprint density at radius 2 is 1.87 bits per heavy atom. The normalized spacial score (nSPS) is 15.4. The summed E-state index contributed by atoms with van der Waals surface area (Å²) >= 11 is 0. The zero-order valence-electron chi connectivity index (χ0n) is 17.0. The van der Waals surface area contributed by atoms with Gasteiger partial charge in [0.05, 0.1) is 18.2 Å². The maximum Gasteiger partial charge on any atom is 0.360 e. The number of esters is 1. The molecule has 10 nitrogen and oxygen atoms in total. The second-order valence-electron chi connectivity index (χ2n) is 7.14. The maximum atomic E-state index is 13.1. The van der Waals surface area contributed by atoms with Crippen molar-refractivity contribution in [2.75, 3.05) is 25.5 Å². The highest BCUT2D eigenvalue weighted by atomic mass is 32.2. The first kappa shape index (κ1) is 21.9. The van der Waals surface area contributed by atoms with Gasteiger partial charge in [0, 0.05) is 18.8 Å². The van der Waals surface area contributed by atoms with Gasteiger partial charge in [-0.3, -0.25) is 4.79 Å². The number of hydrogen-bond acceptors (Lipinski definition) is 7. The predicted molar refractivity (Wildman–Crippen MR) is 108 cm³/mol. The van der Waals surface area contributed by atoms with Crippen LogP contribution in [0.3, 0.4) is 0 Å². The third-order valence-corrected chi connectivity index (χ3v) is 6.93. The van der Waals surface area contributed by atoms with Crippen molar-refractivity contribution in [2.24, 2.45) is 0 Å². The van der Waals surface area contributed by atoms with Gasteiger partial charge in [0.25, 0.3) is 0 Å². The molecule has 162 valence electrons. The molecule has 2 heterocycles.